The van der Waals surface area contributed by atoms with Gasteiger partial charge in [-0.05, 0) is 12.1 Å². The van der Waals surface area contributed by atoms with Crippen molar-refractivity contribution >= 4 is 58.0 Å². The number of hydrogen-bond donors (Lipinski definition) is 2. The van der Waals surface area contributed by atoms with Gasteiger partial charge in [-0.25, -0.2) is 23.1 Å². The van der Waals surface area contributed by atoms with E-state index in [1.165, 1.54) is 0 Å². The van der Waals surface area contributed by atoms with E-state index >= 15 is 0 Å². The van der Waals surface area contributed by atoms with Crippen LogP contribution < -0.4 is 16.0 Å². The molecule has 3 N–H and O–H groups in total. The molecule has 1 aliphatic rings. The number of nitrogens with one attached hydrogen (secondary N) is 1. The highest BCUT2D eigenvalue weighted by Crippen LogP contribution is 2.20. The molecule has 28 heavy (non-hydrogen) atoms. The minimum atomic E-state index is -1.64. The van der Waals surface area contributed by atoms with Gasteiger partial charge < -0.3 is 20.9 Å². The highest BCUT2D eigenvalue weighted by molar-refractivity contribution is 14.0. The molecule has 152 valence electrons. The molecular weight excluding hydrogens is 508 g/mol. The number of amides is 1. The summed E-state index contributed by atoms with van der Waals surface area (Å²) in [6.07, 6.45) is 1.75. The third-order valence-corrected chi connectivity index (χ3v) is 4.82. The Balaban J connectivity index is 0.00000280. The molecule has 1 fully saturated rings. The van der Waals surface area contributed by atoms with Gasteiger partial charge in [-0.1, -0.05) is 0 Å². The number of hydrogen-bond acceptors (Lipinski definition) is 5. The van der Waals surface area contributed by atoms with E-state index in [1.54, 1.807) is 17.5 Å². The number of carbonyl (C=O) groups is 1. The standard InChI is InChI=1S/C16H17F3N6OS.HI/c17-10-1-2-11(14(19)13(10)18)23-12(26)9-22-15(20)24-4-6-25(7-5-24)16-21-3-8-27-16;/h1-3,8H,4-7,9H2,(H2,20,22)(H,23,26);1H. The lowest BCUT2D eigenvalue weighted by Crippen LogP contribution is -2.51. The molecule has 12 heteroatoms. The second kappa shape index (κ2) is 9.91. The van der Waals surface area contributed by atoms with Gasteiger partial charge >= 0.3 is 0 Å². The zero-order valence-corrected chi connectivity index (χ0v) is 17.7. The number of aromatic nitrogens is 1. The molecule has 3 rings (SSSR count). The number of aliphatic imine (C=N–C) groups is 1. The van der Waals surface area contributed by atoms with Crippen LogP contribution in [0.4, 0.5) is 24.0 Å². The molecule has 1 aromatic carbocycles. The van der Waals surface area contributed by atoms with Crippen molar-refractivity contribution in [1.82, 2.24) is 9.88 Å². The quantitative estimate of drug-likeness (QED) is 0.277. The number of benzene rings is 1. The van der Waals surface area contributed by atoms with Crippen molar-refractivity contribution in [2.24, 2.45) is 10.7 Å². The summed E-state index contributed by atoms with van der Waals surface area (Å²) in [6.45, 7) is 2.31. The van der Waals surface area contributed by atoms with Crippen LogP contribution in [0.5, 0.6) is 0 Å². The molecule has 7 nitrogen and oxygen atoms in total. The van der Waals surface area contributed by atoms with Gasteiger partial charge in [-0.2, -0.15) is 0 Å². The normalized spacial score (nSPS) is 14.6. The summed E-state index contributed by atoms with van der Waals surface area (Å²) in [7, 11) is 0. The fourth-order valence-corrected chi connectivity index (χ4v) is 3.26. The Morgan fingerprint density at radius 3 is 2.57 bits per heavy atom. The first kappa shape index (κ1) is 22.2. The molecule has 1 aromatic heterocycles. The van der Waals surface area contributed by atoms with Gasteiger partial charge in [0.1, 0.15) is 6.54 Å². The summed E-state index contributed by atoms with van der Waals surface area (Å²) in [6, 6.07) is 1.67. The molecular formula is C16H18F3IN6OS. The summed E-state index contributed by atoms with van der Waals surface area (Å²) >= 11 is 1.56. The number of guanidine groups is 1. The number of nitrogens with zero attached hydrogens (tertiary/aromatic N) is 4. The number of thiazole rings is 1. The Morgan fingerprint density at radius 1 is 1.21 bits per heavy atom. The number of nitrogens with two attached hydrogens (primary N) is 1. The van der Waals surface area contributed by atoms with E-state index in [1.807, 2.05) is 10.3 Å². The molecule has 1 amide bonds. The Morgan fingerprint density at radius 2 is 1.93 bits per heavy atom. The topological polar surface area (TPSA) is 86.8 Å². The molecule has 0 radical (unpaired) electrons. The van der Waals surface area contributed by atoms with Crippen LogP contribution >= 0.6 is 35.3 Å². The van der Waals surface area contributed by atoms with Crippen LogP contribution in [-0.4, -0.2) is 54.5 Å². The maximum Gasteiger partial charge on any atom is 0.246 e. The van der Waals surface area contributed by atoms with E-state index in [0.717, 1.165) is 30.4 Å². The summed E-state index contributed by atoms with van der Waals surface area (Å²) in [5, 5.41) is 5.00. The smallest absolute Gasteiger partial charge is 0.246 e. The van der Waals surface area contributed by atoms with Crippen molar-refractivity contribution in [3.8, 4) is 0 Å². The monoisotopic (exact) mass is 526 g/mol. The predicted molar refractivity (Wildman–Crippen MR) is 113 cm³/mol. The van der Waals surface area contributed by atoms with Crippen molar-refractivity contribution in [2.75, 3.05) is 42.9 Å². The van der Waals surface area contributed by atoms with E-state index < -0.39 is 29.0 Å². The van der Waals surface area contributed by atoms with Gasteiger partial charge in [0.2, 0.25) is 5.91 Å². The second-order valence-corrected chi connectivity index (χ2v) is 6.61. The molecule has 2 heterocycles. The Kier molecular flexibility index (Phi) is 7.86. The fraction of sp³-hybridized carbons (Fsp3) is 0.312. The molecule has 0 atom stereocenters. The van der Waals surface area contributed by atoms with Gasteiger partial charge in [0.05, 0.1) is 5.69 Å². The van der Waals surface area contributed by atoms with Crippen molar-refractivity contribution in [1.29, 1.82) is 0 Å². The molecule has 0 saturated carbocycles. The van der Waals surface area contributed by atoms with Crippen LogP contribution in [0.2, 0.25) is 0 Å². The average molecular weight is 526 g/mol. The first-order chi connectivity index (χ1) is 13.0. The van der Waals surface area contributed by atoms with Crippen LogP contribution in [0.25, 0.3) is 0 Å². The molecule has 2 aromatic rings. The van der Waals surface area contributed by atoms with Crippen LogP contribution in [0, 0.1) is 17.5 Å². The maximum absolute atomic E-state index is 13.6. The largest absolute Gasteiger partial charge is 0.370 e. The average Bonchev–Trinajstić information content (AvgIpc) is 3.21. The van der Waals surface area contributed by atoms with Crippen LogP contribution in [0.1, 0.15) is 0 Å². The van der Waals surface area contributed by atoms with Crippen molar-refractivity contribution in [2.45, 2.75) is 0 Å². The SMILES string of the molecule is I.NC(=NCC(=O)Nc1ccc(F)c(F)c1F)N1CCN(c2nccs2)CC1. The second-order valence-electron chi connectivity index (χ2n) is 5.73. The van der Waals surface area contributed by atoms with Gasteiger partial charge in [0, 0.05) is 37.8 Å². The molecule has 1 saturated heterocycles. The molecule has 0 spiro atoms. The highest BCUT2D eigenvalue weighted by Gasteiger charge is 2.20. The number of rotatable bonds is 4. The zero-order valence-electron chi connectivity index (χ0n) is 14.6. The minimum Gasteiger partial charge on any atom is -0.370 e. The van der Waals surface area contributed by atoms with Gasteiger partial charge in [0.15, 0.2) is 28.5 Å². The number of anilines is 2. The van der Waals surface area contributed by atoms with Crippen molar-refractivity contribution in [3.05, 3.63) is 41.2 Å². The van der Waals surface area contributed by atoms with Gasteiger partial charge in [-0.15, -0.1) is 35.3 Å². The van der Waals surface area contributed by atoms with Crippen LogP contribution in [0.3, 0.4) is 0 Å². The molecule has 1 aliphatic heterocycles. The third kappa shape index (κ3) is 5.25. The first-order valence-electron chi connectivity index (χ1n) is 8.08. The van der Waals surface area contributed by atoms with Crippen molar-refractivity contribution < 1.29 is 18.0 Å². The predicted octanol–water partition coefficient (Wildman–Crippen LogP) is 2.25. The molecule has 0 aliphatic carbocycles. The van der Waals surface area contributed by atoms with Crippen LogP contribution in [-0.2, 0) is 4.79 Å². The maximum atomic E-state index is 13.6. The van der Waals surface area contributed by atoms with E-state index in [9.17, 15) is 18.0 Å². The fourth-order valence-electron chi connectivity index (χ4n) is 2.56. The number of halogens is 4. The Hall–Kier alpha value is -2.09. The van der Waals surface area contributed by atoms with Gasteiger partial charge in [-0.3, -0.25) is 4.79 Å². The lowest BCUT2D eigenvalue weighted by atomic mass is 10.3. The van der Waals surface area contributed by atoms with E-state index in [-0.39, 0.29) is 36.5 Å². The highest BCUT2D eigenvalue weighted by atomic mass is 127. The summed E-state index contributed by atoms with van der Waals surface area (Å²) in [4.78, 5) is 24.1. The lowest BCUT2D eigenvalue weighted by molar-refractivity contribution is -0.114. The van der Waals surface area contributed by atoms with E-state index in [2.05, 4.69) is 20.2 Å². The third-order valence-electron chi connectivity index (χ3n) is 3.99. The number of piperazine rings is 1. The summed E-state index contributed by atoms with van der Waals surface area (Å²) < 4.78 is 39.6. The molecule has 0 bridgehead atoms. The minimum absolute atomic E-state index is 0. The Bertz CT molecular complexity index is 843. The summed E-state index contributed by atoms with van der Waals surface area (Å²) in [5.74, 6) is -4.93. The summed E-state index contributed by atoms with van der Waals surface area (Å²) in [5.41, 5.74) is 5.45. The van der Waals surface area contributed by atoms with Crippen LogP contribution in [0.15, 0.2) is 28.7 Å². The van der Waals surface area contributed by atoms with Gasteiger partial charge in [0.25, 0.3) is 0 Å². The molecule has 0 unspecified atom stereocenters. The van der Waals surface area contributed by atoms with E-state index in [4.69, 9.17) is 5.73 Å². The number of carbonyl (C=O) groups excluding carboxylic acids is 1. The Labute approximate surface area is 180 Å². The lowest BCUT2D eigenvalue weighted by Gasteiger charge is -2.35. The first-order valence-corrected chi connectivity index (χ1v) is 8.96. The van der Waals surface area contributed by atoms with E-state index in [0.29, 0.717) is 13.1 Å². The zero-order chi connectivity index (χ0) is 19.4. The van der Waals surface area contributed by atoms with Crippen molar-refractivity contribution in [3.63, 3.8) is 0 Å².